The molecule has 0 aliphatic heterocycles. The maximum Gasteiger partial charge on any atom is 0.278 e. The van der Waals surface area contributed by atoms with Crippen LogP contribution in [0.1, 0.15) is 5.56 Å². The lowest BCUT2D eigenvalue weighted by molar-refractivity contribution is -0.385. The van der Waals surface area contributed by atoms with Crippen LogP contribution in [0.5, 0.6) is 0 Å². The van der Waals surface area contributed by atoms with Crippen LogP contribution in [-0.4, -0.2) is 24.5 Å². The quantitative estimate of drug-likeness (QED) is 0.478. The molecule has 124 valence electrons. The highest BCUT2D eigenvalue weighted by atomic mass is 32.2. The van der Waals surface area contributed by atoms with Crippen LogP contribution in [0.4, 0.5) is 11.4 Å². The average Bonchev–Trinajstić information content (AvgIpc) is 2.55. The molecule has 2 aromatic rings. The molecular formula is C13H10N4O6S. The summed E-state index contributed by atoms with van der Waals surface area (Å²) in [6, 6.07) is 9.87. The van der Waals surface area contributed by atoms with Crippen LogP contribution in [0.15, 0.2) is 58.5 Å². The normalized spacial score (nSPS) is 11.3. The van der Waals surface area contributed by atoms with Crippen molar-refractivity contribution >= 4 is 27.6 Å². The van der Waals surface area contributed by atoms with E-state index in [0.29, 0.717) is 0 Å². The smallest absolute Gasteiger partial charge is 0.258 e. The number of hydrogen-bond donors (Lipinski definition) is 1. The fourth-order valence-corrected chi connectivity index (χ4v) is 2.52. The lowest BCUT2D eigenvalue weighted by atomic mass is 10.2. The summed E-state index contributed by atoms with van der Waals surface area (Å²) in [7, 11) is -4.05. The first kappa shape index (κ1) is 17.0. The molecular weight excluding hydrogens is 340 g/mol. The summed E-state index contributed by atoms with van der Waals surface area (Å²) in [5.41, 5.74) is -0.359. The third kappa shape index (κ3) is 3.89. The van der Waals surface area contributed by atoms with Crippen molar-refractivity contribution in [3.8, 4) is 0 Å². The Bertz CT molecular complexity index is 908. The van der Waals surface area contributed by atoms with E-state index in [9.17, 15) is 28.6 Å². The molecule has 0 aliphatic carbocycles. The van der Waals surface area contributed by atoms with Gasteiger partial charge in [0, 0.05) is 18.2 Å². The molecule has 1 N–H and O–H groups in total. The highest BCUT2D eigenvalue weighted by Crippen LogP contribution is 2.17. The molecule has 0 bridgehead atoms. The molecule has 0 saturated heterocycles. The average molecular weight is 350 g/mol. The van der Waals surface area contributed by atoms with E-state index in [1.54, 1.807) is 6.07 Å². The van der Waals surface area contributed by atoms with Gasteiger partial charge in [0.1, 0.15) is 0 Å². The first-order valence-corrected chi connectivity index (χ1v) is 7.82. The van der Waals surface area contributed by atoms with Crippen LogP contribution in [0.2, 0.25) is 0 Å². The first-order valence-electron chi connectivity index (χ1n) is 6.34. The number of hydrazone groups is 1. The number of benzene rings is 2. The van der Waals surface area contributed by atoms with Crippen LogP contribution in [0.3, 0.4) is 0 Å². The van der Waals surface area contributed by atoms with Crippen molar-refractivity contribution in [2.24, 2.45) is 5.10 Å². The number of nitrogens with one attached hydrogen (secondary N) is 1. The molecule has 10 nitrogen and oxygen atoms in total. The number of hydrogen-bond acceptors (Lipinski definition) is 7. The minimum Gasteiger partial charge on any atom is -0.258 e. The zero-order valence-corrected chi connectivity index (χ0v) is 12.7. The molecule has 11 heteroatoms. The van der Waals surface area contributed by atoms with Crippen LogP contribution in [0.25, 0.3) is 0 Å². The second-order valence-electron chi connectivity index (χ2n) is 4.42. The fourth-order valence-electron chi connectivity index (χ4n) is 1.73. The van der Waals surface area contributed by atoms with Gasteiger partial charge in [-0.15, -0.1) is 0 Å². The van der Waals surface area contributed by atoms with Gasteiger partial charge in [-0.25, -0.2) is 4.83 Å². The number of non-ortho nitro benzene ring substituents is 1. The Morgan fingerprint density at radius 3 is 2.17 bits per heavy atom. The van der Waals surface area contributed by atoms with Crippen LogP contribution in [0, 0.1) is 20.2 Å². The lowest BCUT2D eigenvalue weighted by Gasteiger charge is -2.03. The van der Waals surface area contributed by atoms with E-state index < -0.39 is 19.9 Å². The van der Waals surface area contributed by atoms with Gasteiger partial charge in [-0.05, 0) is 18.2 Å². The van der Waals surface area contributed by atoms with Gasteiger partial charge in [-0.2, -0.15) is 13.5 Å². The molecule has 0 unspecified atom stereocenters. The largest absolute Gasteiger partial charge is 0.278 e. The van der Waals surface area contributed by atoms with Crippen molar-refractivity contribution in [3.63, 3.8) is 0 Å². The topological polar surface area (TPSA) is 145 Å². The lowest BCUT2D eigenvalue weighted by Crippen LogP contribution is -2.18. The molecule has 0 aliphatic rings. The molecule has 0 aromatic heterocycles. The van der Waals surface area contributed by atoms with Crippen LogP contribution >= 0.6 is 0 Å². The predicted molar refractivity (Wildman–Crippen MR) is 84.1 cm³/mol. The molecule has 0 saturated carbocycles. The minimum absolute atomic E-state index is 0.119. The Kier molecular flexibility index (Phi) is 4.84. The summed E-state index contributed by atoms with van der Waals surface area (Å²) in [4.78, 5) is 21.8. The molecule has 0 atom stereocenters. The Balaban J connectivity index is 2.18. The fraction of sp³-hybridized carbons (Fsp3) is 0. The van der Waals surface area contributed by atoms with Crippen molar-refractivity contribution in [2.45, 2.75) is 4.90 Å². The SMILES string of the molecule is O=[N+]([O-])c1ccc(S(=O)(=O)N/N=C\c2ccccc2[N+](=O)[O-])cc1. The second kappa shape index (κ2) is 6.83. The van der Waals surface area contributed by atoms with Crippen molar-refractivity contribution in [3.05, 3.63) is 74.3 Å². The maximum atomic E-state index is 12.0. The Labute approximate surface area is 135 Å². The Hall–Kier alpha value is -3.34. The van der Waals surface area contributed by atoms with Crippen LogP contribution in [-0.2, 0) is 10.0 Å². The highest BCUT2D eigenvalue weighted by molar-refractivity contribution is 7.89. The monoisotopic (exact) mass is 350 g/mol. The summed E-state index contributed by atoms with van der Waals surface area (Å²) < 4.78 is 24.0. The molecule has 0 fully saturated rings. The van der Waals surface area contributed by atoms with Gasteiger partial charge in [-0.3, -0.25) is 20.2 Å². The molecule has 0 spiro atoms. The van der Waals surface area contributed by atoms with Gasteiger partial charge in [0.15, 0.2) is 0 Å². The van der Waals surface area contributed by atoms with E-state index in [1.807, 2.05) is 4.83 Å². The van der Waals surface area contributed by atoms with E-state index in [2.05, 4.69) is 5.10 Å². The molecule has 0 heterocycles. The molecule has 0 amide bonds. The zero-order chi connectivity index (χ0) is 17.7. The summed E-state index contributed by atoms with van der Waals surface area (Å²) >= 11 is 0. The molecule has 0 radical (unpaired) electrons. The summed E-state index contributed by atoms with van der Waals surface area (Å²) in [6.45, 7) is 0. The van der Waals surface area contributed by atoms with Crippen molar-refractivity contribution in [2.75, 3.05) is 0 Å². The van der Waals surface area contributed by atoms with E-state index in [4.69, 9.17) is 0 Å². The third-order valence-corrected chi connectivity index (χ3v) is 4.11. The molecule has 2 aromatic carbocycles. The molecule has 24 heavy (non-hydrogen) atoms. The minimum atomic E-state index is -4.05. The van der Waals surface area contributed by atoms with Gasteiger partial charge in [-0.1, -0.05) is 12.1 Å². The second-order valence-corrected chi connectivity index (χ2v) is 6.08. The zero-order valence-electron chi connectivity index (χ0n) is 11.9. The standard InChI is InChI=1S/C13H10N4O6S/c18-16(19)11-5-7-12(8-6-11)24(22,23)15-14-9-10-3-1-2-4-13(10)17(20)21/h1-9,15H/b14-9-. The number of para-hydroxylation sites is 1. The number of rotatable bonds is 6. The van der Waals surface area contributed by atoms with E-state index in [0.717, 1.165) is 30.5 Å². The van der Waals surface area contributed by atoms with E-state index in [1.165, 1.54) is 18.2 Å². The van der Waals surface area contributed by atoms with Crippen molar-refractivity contribution in [1.82, 2.24) is 4.83 Å². The van der Waals surface area contributed by atoms with Gasteiger partial charge < -0.3 is 0 Å². The summed E-state index contributed by atoms with van der Waals surface area (Å²) in [5, 5.41) is 24.9. The van der Waals surface area contributed by atoms with E-state index in [-0.39, 0.29) is 21.8 Å². The van der Waals surface area contributed by atoms with Crippen LogP contribution < -0.4 is 4.83 Å². The number of nitro groups is 2. The Morgan fingerprint density at radius 1 is 0.958 bits per heavy atom. The number of nitro benzene ring substituents is 2. The third-order valence-electron chi connectivity index (χ3n) is 2.87. The maximum absolute atomic E-state index is 12.0. The highest BCUT2D eigenvalue weighted by Gasteiger charge is 2.15. The first-order chi connectivity index (χ1) is 11.3. The Morgan fingerprint density at radius 2 is 1.58 bits per heavy atom. The predicted octanol–water partition coefficient (Wildman–Crippen LogP) is 1.82. The van der Waals surface area contributed by atoms with Gasteiger partial charge in [0.25, 0.3) is 21.4 Å². The summed E-state index contributed by atoms with van der Waals surface area (Å²) in [5.74, 6) is 0. The van der Waals surface area contributed by atoms with Crippen molar-refractivity contribution < 1.29 is 18.3 Å². The summed E-state index contributed by atoms with van der Waals surface area (Å²) in [6.07, 6.45) is 1.00. The van der Waals surface area contributed by atoms with Gasteiger partial charge >= 0.3 is 0 Å². The van der Waals surface area contributed by atoms with Gasteiger partial charge in [0.05, 0.1) is 26.5 Å². The molecule has 2 rings (SSSR count). The number of sulfonamides is 1. The number of nitrogens with zero attached hydrogens (tertiary/aromatic N) is 3. The van der Waals surface area contributed by atoms with Gasteiger partial charge in [0.2, 0.25) is 0 Å². The van der Waals surface area contributed by atoms with Crippen molar-refractivity contribution in [1.29, 1.82) is 0 Å². The van der Waals surface area contributed by atoms with E-state index >= 15 is 0 Å².